The summed E-state index contributed by atoms with van der Waals surface area (Å²) in [7, 11) is 0. The molecule has 0 spiro atoms. The third-order valence-electron chi connectivity index (χ3n) is 2.63. The van der Waals surface area contributed by atoms with Crippen LogP contribution in [0.25, 0.3) is 5.65 Å². The van der Waals surface area contributed by atoms with E-state index in [-0.39, 0.29) is 0 Å². The maximum atomic E-state index is 4.53. The van der Waals surface area contributed by atoms with Crippen molar-refractivity contribution in [3.8, 4) is 0 Å². The zero-order valence-electron chi connectivity index (χ0n) is 7.87. The maximum Gasteiger partial charge on any atom is 0.160 e. The highest BCUT2D eigenvalue weighted by atomic mass is 79.9. The zero-order chi connectivity index (χ0) is 9.71. The smallest absolute Gasteiger partial charge is 0.160 e. The molecule has 0 atom stereocenters. The van der Waals surface area contributed by atoms with Crippen LogP contribution in [0.4, 0.5) is 0 Å². The minimum absolute atomic E-state index is 0.646. The van der Waals surface area contributed by atoms with Crippen LogP contribution in [-0.4, -0.2) is 14.4 Å². The molecule has 0 aliphatic heterocycles. The molecule has 0 bridgehead atoms. The van der Waals surface area contributed by atoms with Crippen LogP contribution in [0.15, 0.2) is 17.0 Å². The second-order valence-corrected chi connectivity index (χ2v) is 4.52. The standard InChI is InChI=1S/C10H10BrN3/c1-6-9(11)14-5-4-12-8(7-2-3-7)10(14)13-6/h4-5,7H,2-3H2,1H3. The Balaban J connectivity index is 2.35. The highest BCUT2D eigenvalue weighted by Gasteiger charge is 2.28. The Morgan fingerprint density at radius 3 is 3.00 bits per heavy atom. The summed E-state index contributed by atoms with van der Waals surface area (Å²) in [5.41, 5.74) is 3.19. The Kier molecular flexibility index (Phi) is 1.68. The lowest BCUT2D eigenvalue weighted by atomic mass is 10.3. The minimum Gasteiger partial charge on any atom is -0.291 e. The number of aryl methyl sites for hydroxylation is 1. The number of hydrogen-bond donors (Lipinski definition) is 0. The van der Waals surface area contributed by atoms with Crippen LogP contribution >= 0.6 is 15.9 Å². The molecule has 3 nitrogen and oxygen atoms in total. The fourth-order valence-corrected chi connectivity index (χ4v) is 2.10. The van der Waals surface area contributed by atoms with Gasteiger partial charge in [-0.1, -0.05) is 0 Å². The van der Waals surface area contributed by atoms with Crippen LogP contribution in [0.3, 0.4) is 0 Å². The second-order valence-electron chi connectivity index (χ2n) is 3.77. The number of nitrogens with zero attached hydrogens (tertiary/aromatic N) is 3. The lowest BCUT2D eigenvalue weighted by Gasteiger charge is -1.99. The summed E-state index contributed by atoms with van der Waals surface area (Å²) in [4.78, 5) is 8.95. The summed E-state index contributed by atoms with van der Waals surface area (Å²) < 4.78 is 3.10. The first-order valence-electron chi connectivity index (χ1n) is 4.76. The molecule has 2 aromatic heterocycles. The first-order valence-corrected chi connectivity index (χ1v) is 5.55. The lowest BCUT2D eigenvalue weighted by molar-refractivity contribution is 0.978. The average molecular weight is 252 g/mol. The molecule has 14 heavy (non-hydrogen) atoms. The molecule has 0 radical (unpaired) electrons. The van der Waals surface area contributed by atoms with Crippen molar-refractivity contribution < 1.29 is 0 Å². The van der Waals surface area contributed by atoms with E-state index in [9.17, 15) is 0 Å². The number of fused-ring (bicyclic) bond motifs is 1. The molecule has 1 aliphatic carbocycles. The largest absolute Gasteiger partial charge is 0.291 e. The molecule has 1 fully saturated rings. The Morgan fingerprint density at radius 2 is 2.29 bits per heavy atom. The molecule has 2 aromatic rings. The predicted octanol–water partition coefficient (Wildman–Crippen LogP) is 2.68. The summed E-state index contributed by atoms with van der Waals surface area (Å²) in [5, 5.41) is 0. The van der Waals surface area contributed by atoms with Gasteiger partial charge in [-0.05, 0) is 35.7 Å². The predicted molar refractivity (Wildman–Crippen MR) is 57.4 cm³/mol. The van der Waals surface area contributed by atoms with Crippen LogP contribution in [0, 0.1) is 6.92 Å². The SMILES string of the molecule is Cc1nc2c(C3CC3)nccn2c1Br. The number of imidazole rings is 1. The summed E-state index contributed by atoms with van der Waals surface area (Å²) in [6.45, 7) is 2.01. The number of aromatic nitrogens is 3. The van der Waals surface area contributed by atoms with Crippen molar-refractivity contribution in [2.24, 2.45) is 0 Å². The maximum absolute atomic E-state index is 4.53. The van der Waals surface area contributed by atoms with Crippen molar-refractivity contribution in [3.63, 3.8) is 0 Å². The van der Waals surface area contributed by atoms with Gasteiger partial charge in [0.25, 0.3) is 0 Å². The van der Waals surface area contributed by atoms with E-state index in [0.29, 0.717) is 5.92 Å². The van der Waals surface area contributed by atoms with Gasteiger partial charge in [-0.2, -0.15) is 0 Å². The first-order chi connectivity index (χ1) is 6.77. The summed E-state index contributed by atoms with van der Waals surface area (Å²) in [5.74, 6) is 0.646. The molecule has 3 rings (SSSR count). The van der Waals surface area contributed by atoms with Gasteiger partial charge in [0.1, 0.15) is 4.60 Å². The summed E-state index contributed by atoms with van der Waals surface area (Å²) in [6, 6.07) is 0. The molecule has 2 heterocycles. The first kappa shape index (κ1) is 8.41. The van der Waals surface area contributed by atoms with E-state index < -0.39 is 0 Å². The van der Waals surface area contributed by atoms with Crippen molar-refractivity contribution in [2.45, 2.75) is 25.7 Å². The van der Waals surface area contributed by atoms with E-state index in [2.05, 4.69) is 30.3 Å². The van der Waals surface area contributed by atoms with Gasteiger partial charge >= 0.3 is 0 Å². The number of rotatable bonds is 1. The van der Waals surface area contributed by atoms with E-state index >= 15 is 0 Å². The molecular weight excluding hydrogens is 242 g/mol. The summed E-state index contributed by atoms with van der Waals surface area (Å²) >= 11 is 3.53. The van der Waals surface area contributed by atoms with Gasteiger partial charge in [-0.15, -0.1) is 0 Å². The molecule has 0 saturated heterocycles. The van der Waals surface area contributed by atoms with E-state index in [0.717, 1.165) is 21.6 Å². The Morgan fingerprint density at radius 1 is 1.50 bits per heavy atom. The molecular formula is C10H10BrN3. The lowest BCUT2D eigenvalue weighted by Crippen LogP contribution is -1.93. The van der Waals surface area contributed by atoms with Crippen LogP contribution in [0.2, 0.25) is 0 Å². The van der Waals surface area contributed by atoms with Gasteiger partial charge in [-0.25, -0.2) is 4.98 Å². The quantitative estimate of drug-likeness (QED) is 0.781. The average Bonchev–Trinajstić information content (AvgIpc) is 2.96. The van der Waals surface area contributed by atoms with Gasteiger partial charge in [0.2, 0.25) is 0 Å². The van der Waals surface area contributed by atoms with Crippen LogP contribution in [-0.2, 0) is 0 Å². The van der Waals surface area contributed by atoms with Crippen LogP contribution < -0.4 is 0 Å². The molecule has 72 valence electrons. The van der Waals surface area contributed by atoms with Crippen molar-refractivity contribution in [1.29, 1.82) is 0 Å². The van der Waals surface area contributed by atoms with Gasteiger partial charge in [0.15, 0.2) is 5.65 Å². The molecule has 0 amide bonds. The second kappa shape index (κ2) is 2.79. The molecule has 0 N–H and O–H groups in total. The summed E-state index contributed by atoms with van der Waals surface area (Å²) in [6.07, 6.45) is 6.32. The van der Waals surface area contributed by atoms with E-state index in [1.54, 1.807) is 0 Å². The zero-order valence-corrected chi connectivity index (χ0v) is 9.45. The molecule has 1 aliphatic rings. The molecule has 4 heteroatoms. The van der Waals surface area contributed by atoms with Gasteiger partial charge in [0.05, 0.1) is 11.4 Å². The van der Waals surface area contributed by atoms with Crippen molar-refractivity contribution >= 4 is 21.6 Å². The van der Waals surface area contributed by atoms with Crippen molar-refractivity contribution in [2.75, 3.05) is 0 Å². The monoisotopic (exact) mass is 251 g/mol. The van der Waals surface area contributed by atoms with Gasteiger partial charge < -0.3 is 0 Å². The fraction of sp³-hybridized carbons (Fsp3) is 0.400. The van der Waals surface area contributed by atoms with E-state index in [1.165, 1.54) is 12.8 Å². The fourth-order valence-electron chi connectivity index (χ4n) is 1.73. The van der Waals surface area contributed by atoms with E-state index in [4.69, 9.17) is 0 Å². The highest BCUT2D eigenvalue weighted by Crippen LogP contribution is 2.40. The molecule has 1 saturated carbocycles. The molecule has 0 aromatic carbocycles. The van der Waals surface area contributed by atoms with Gasteiger partial charge in [-0.3, -0.25) is 9.38 Å². The highest BCUT2D eigenvalue weighted by molar-refractivity contribution is 9.10. The topological polar surface area (TPSA) is 30.2 Å². The molecule has 0 unspecified atom stereocenters. The van der Waals surface area contributed by atoms with Crippen molar-refractivity contribution in [3.05, 3.63) is 28.4 Å². The normalized spacial score (nSPS) is 16.4. The van der Waals surface area contributed by atoms with Crippen molar-refractivity contribution in [1.82, 2.24) is 14.4 Å². The van der Waals surface area contributed by atoms with Gasteiger partial charge in [0, 0.05) is 18.3 Å². The minimum atomic E-state index is 0.646. The Hall–Kier alpha value is -0.900. The number of halogens is 1. The van der Waals surface area contributed by atoms with Crippen LogP contribution in [0.1, 0.15) is 30.1 Å². The van der Waals surface area contributed by atoms with Crippen LogP contribution in [0.5, 0.6) is 0 Å². The Labute approximate surface area is 90.3 Å². The number of hydrogen-bond acceptors (Lipinski definition) is 2. The Bertz CT molecular complexity index is 499. The third-order valence-corrected chi connectivity index (χ3v) is 3.59. The van der Waals surface area contributed by atoms with E-state index in [1.807, 2.05) is 19.3 Å². The third kappa shape index (κ3) is 1.10.